The zero-order valence-electron chi connectivity index (χ0n) is 16.7. The molecule has 1 heterocycles. The van der Waals surface area contributed by atoms with E-state index < -0.39 is 0 Å². The Morgan fingerprint density at radius 2 is 1.71 bits per heavy atom. The second-order valence-corrected chi connectivity index (χ2v) is 7.67. The number of unbranched alkanes of at least 4 members (excludes halogenated alkanes) is 1. The minimum absolute atomic E-state index is 0.143. The lowest BCUT2D eigenvalue weighted by Crippen LogP contribution is -3.27. The van der Waals surface area contributed by atoms with Crippen LogP contribution < -0.4 is 14.5 Å². The van der Waals surface area contributed by atoms with Gasteiger partial charge in [0.1, 0.15) is 38.5 Å². The van der Waals surface area contributed by atoms with Crippen molar-refractivity contribution in [3.05, 3.63) is 69.8 Å². The minimum atomic E-state index is -0.358. The fraction of sp³-hybridized carbons (Fsp3) is 0.455. The third-order valence-electron chi connectivity index (χ3n) is 5.52. The molecule has 1 aliphatic rings. The molecule has 0 amide bonds. The maximum atomic E-state index is 10.9. The largest absolute Gasteiger partial charge is 0.494 e. The third kappa shape index (κ3) is 6.04. The summed E-state index contributed by atoms with van der Waals surface area (Å²) >= 11 is 0. The van der Waals surface area contributed by atoms with Crippen LogP contribution in [-0.4, -0.2) is 44.3 Å². The van der Waals surface area contributed by atoms with Crippen LogP contribution in [0, 0.1) is 17.0 Å². The predicted molar refractivity (Wildman–Crippen MR) is 109 cm³/mol. The molecule has 2 aromatic rings. The van der Waals surface area contributed by atoms with Crippen LogP contribution in [-0.2, 0) is 6.54 Å². The predicted octanol–water partition coefficient (Wildman–Crippen LogP) is 1.05. The Hall–Kier alpha value is -2.44. The van der Waals surface area contributed by atoms with E-state index >= 15 is 0 Å². The second-order valence-electron chi connectivity index (χ2n) is 7.67. The van der Waals surface area contributed by atoms with Gasteiger partial charge < -0.3 is 14.5 Å². The van der Waals surface area contributed by atoms with Crippen molar-refractivity contribution in [2.24, 2.45) is 0 Å². The van der Waals surface area contributed by atoms with Gasteiger partial charge in [-0.1, -0.05) is 30.3 Å². The maximum Gasteiger partial charge on any atom is 0.272 e. The Morgan fingerprint density at radius 3 is 2.39 bits per heavy atom. The molecule has 1 aliphatic heterocycles. The fourth-order valence-electron chi connectivity index (χ4n) is 3.86. The van der Waals surface area contributed by atoms with Crippen LogP contribution in [0.25, 0.3) is 0 Å². The van der Waals surface area contributed by atoms with Gasteiger partial charge in [0.05, 0.1) is 18.1 Å². The normalized spacial score (nSPS) is 19.3. The molecule has 28 heavy (non-hydrogen) atoms. The van der Waals surface area contributed by atoms with E-state index in [1.165, 1.54) is 44.4 Å². The van der Waals surface area contributed by atoms with Crippen LogP contribution in [0.2, 0.25) is 0 Å². The summed E-state index contributed by atoms with van der Waals surface area (Å²) in [6, 6.07) is 15.7. The molecule has 6 heteroatoms. The average Bonchev–Trinajstić information content (AvgIpc) is 2.69. The first kappa shape index (κ1) is 20.3. The van der Waals surface area contributed by atoms with Gasteiger partial charge >= 0.3 is 0 Å². The lowest BCUT2D eigenvalue weighted by molar-refractivity contribution is -1.02. The first-order valence-corrected chi connectivity index (χ1v) is 10.2. The number of quaternary nitrogens is 2. The molecule has 2 N–H and O–H groups in total. The molecule has 2 aromatic carbocycles. The Labute approximate surface area is 166 Å². The van der Waals surface area contributed by atoms with Crippen molar-refractivity contribution in [3.8, 4) is 5.75 Å². The van der Waals surface area contributed by atoms with Crippen molar-refractivity contribution >= 4 is 5.69 Å². The van der Waals surface area contributed by atoms with E-state index in [0.717, 1.165) is 19.4 Å². The van der Waals surface area contributed by atoms with E-state index in [1.807, 2.05) is 0 Å². The van der Waals surface area contributed by atoms with E-state index in [-0.39, 0.29) is 10.6 Å². The van der Waals surface area contributed by atoms with Crippen LogP contribution in [0.3, 0.4) is 0 Å². The first-order chi connectivity index (χ1) is 13.6. The summed E-state index contributed by atoms with van der Waals surface area (Å²) in [7, 11) is 0. The van der Waals surface area contributed by atoms with Crippen molar-refractivity contribution in [3.63, 3.8) is 0 Å². The number of aryl methyl sites for hydroxylation is 1. The summed E-state index contributed by atoms with van der Waals surface area (Å²) in [5.41, 5.74) is 2.21. The molecular weight excluding hydrogens is 354 g/mol. The van der Waals surface area contributed by atoms with Gasteiger partial charge in [-0.2, -0.15) is 0 Å². The zero-order valence-corrected chi connectivity index (χ0v) is 16.7. The molecule has 0 aliphatic carbocycles. The smallest absolute Gasteiger partial charge is 0.272 e. The SMILES string of the molecule is Cc1cc(OCCCC[NH+]2CC[NH+](Cc3ccccc3)CC2)ccc1[N+](=O)[O-]. The highest BCUT2D eigenvalue weighted by Crippen LogP contribution is 2.23. The standard InChI is InChI=1S/C22H29N3O3/c1-19-17-21(9-10-22(19)25(26)27)28-16-6-5-11-23-12-14-24(15-13-23)18-20-7-3-2-4-8-20/h2-4,7-10,17H,5-6,11-16,18H2,1H3/p+2. The van der Waals surface area contributed by atoms with Gasteiger partial charge in [0.25, 0.3) is 5.69 Å². The number of piperazine rings is 1. The molecule has 1 saturated heterocycles. The molecular formula is C22H31N3O3+2. The van der Waals surface area contributed by atoms with E-state index in [1.54, 1.807) is 28.9 Å². The first-order valence-electron chi connectivity index (χ1n) is 10.2. The summed E-state index contributed by atoms with van der Waals surface area (Å²) in [5, 5.41) is 10.9. The van der Waals surface area contributed by atoms with Gasteiger partial charge in [0, 0.05) is 17.2 Å². The van der Waals surface area contributed by atoms with Gasteiger partial charge in [-0.3, -0.25) is 10.1 Å². The van der Waals surface area contributed by atoms with Crippen molar-refractivity contribution in [1.29, 1.82) is 0 Å². The molecule has 3 rings (SSSR count). The molecule has 0 radical (unpaired) electrons. The lowest BCUT2D eigenvalue weighted by atomic mass is 10.2. The fourth-order valence-corrected chi connectivity index (χ4v) is 3.86. The number of nitro benzene ring substituents is 1. The van der Waals surface area contributed by atoms with Gasteiger partial charge in [0.15, 0.2) is 0 Å². The Bertz CT molecular complexity index is 759. The number of nitrogens with zero attached hydrogens (tertiary/aromatic N) is 1. The summed E-state index contributed by atoms with van der Waals surface area (Å²) in [6.07, 6.45) is 2.16. The molecule has 0 saturated carbocycles. The van der Waals surface area contributed by atoms with Gasteiger partial charge in [-0.15, -0.1) is 0 Å². The highest BCUT2D eigenvalue weighted by atomic mass is 16.6. The van der Waals surface area contributed by atoms with Crippen LogP contribution in [0.5, 0.6) is 5.75 Å². The summed E-state index contributed by atoms with van der Waals surface area (Å²) in [6.45, 7) is 9.70. The average molecular weight is 386 g/mol. The van der Waals surface area contributed by atoms with Gasteiger partial charge in [-0.05, 0) is 31.9 Å². The molecule has 0 bridgehead atoms. The summed E-state index contributed by atoms with van der Waals surface area (Å²) in [5.74, 6) is 0.716. The van der Waals surface area contributed by atoms with E-state index in [4.69, 9.17) is 4.74 Å². The van der Waals surface area contributed by atoms with E-state index in [2.05, 4.69) is 30.3 Å². The Balaban J connectivity index is 1.29. The number of benzene rings is 2. The Morgan fingerprint density at radius 1 is 1.00 bits per heavy atom. The second kappa shape index (κ2) is 10.2. The number of hydrogen-bond donors (Lipinski definition) is 2. The molecule has 0 spiro atoms. The molecule has 0 atom stereocenters. The van der Waals surface area contributed by atoms with E-state index in [9.17, 15) is 10.1 Å². The van der Waals surface area contributed by atoms with Crippen LogP contribution in [0.15, 0.2) is 48.5 Å². The molecule has 150 valence electrons. The highest BCUT2D eigenvalue weighted by Gasteiger charge is 2.22. The van der Waals surface area contributed by atoms with Crippen molar-refractivity contribution in [2.75, 3.05) is 39.3 Å². The third-order valence-corrected chi connectivity index (χ3v) is 5.52. The molecule has 1 fully saturated rings. The maximum absolute atomic E-state index is 10.9. The van der Waals surface area contributed by atoms with Gasteiger partial charge in [-0.25, -0.2) is 0 Å². The van der Waals surface area contributed by atoms with Crippen LogP contribution in [0.4, 0.5) is 5.69 Å². The number of nitro groups is 1. The zero-order chi connectivity index (χ0) is 19.8. The van der Waals surface area contributed by atoms with E-state index in [0.29, 0.717) is 17.9 Å². The number of hydrogen-bond acceptors (Lipinski definition) is 3. The van der Waals surface area contributed by atoms with Crippen LogP contribution >= 0.6 is 0 Å². The van der Waals surface area contributed by atoms with Crippen LogP contribution in [0.1, 0.15) is 24.0 Å². The number of ether oxygens (including phenoxy) is 1. The van der Waals surface area contributed by atoms with Gasteiger partial charge in [0.2, 0.25) is 0 Å². The molecule has 0 aromatic heterocycles. The topological polar surface area (TPSA) is 61.2 Å². The highest BCUT2D eigenvalue weighted by molar-refractivity contribution is 5.44. The molecule has 0 unspecified atom stereocenters. The minimum Gasteiger partial charge on any atom is -0.494 e. The molecule has 6 nitrogen and oxygen atoms in total. The summed E-state index contributed by atoms with van der Waals surface area (Å²) in [4.78, 5) is 13.9. The summed E-state index contributed by atoms with van der Waals surface area (Å²) < 4.78 is 5.76. The van der Waals surface area contributed by atoms with Crippen molar-refractivity contribution in [2.45, 2.75) is 26.3 Å². The lowest BCUT2D eigenvalue weighted by Gasteiger charge is -2.29. The Kier molecular flexibility index (Phi) is 7.39. The number of nitrogens with one attached hydrogen (secondary N) is 2. The number of rotatable bonds is 9. The monoisotopic (exact) mass is 385 g/mol. The van der Waals surface area contributed by atoms with Crippen molar-refractivity contribution < 1.29 is 19.5 Å². The quantitative estimate of drug-likeness (QED) is 0.385. The van der Waals surface area contributed by atoms with Crippen molar-refractivity contribution in [1.82, 2.24) is 0 Å².